The molecule has 6 nitrogen and oxygen atoms in total. The number of nitro groups is 1. The van der Waals surface area contributed by atoms with Gasteiger partial charge in [0, 0.05) is 36.1 Å². The van der Waals surface area contributed by atoms with Crippen LogP contribution < -0.4 is 5.32 Å². The van der Waals surface area contributed by atoms with Crippen LogP contribution in [0.15, 0.2) is 30.3 Å². The highest BCUT2D eigenvalue weighted by atomic mass is 16.6. The fourth-order valence-corrected chi connectivity index (χ4v) is 2.86. The molecule has 0 fully saturated rings. The van der Waals surface area contributed by atoms with Crippen molar-refractivity contribution in [1.82, 2.24) is 9.88 Å². The molecule has 0 radical (unpaired) electrons. The summed E-state index contributed by atoms with van der Waals surface area (Å²) >= 11 is 0. The molecule has 122 valence electrons. The molecule has 0 spiro atoms. The Bertz CT molecular complexity index is 748. The molecule has 2 rings (SSSR count). The highest BCUT2D eigenvalue weighted by molar-refractivity contribution is 5.95. The second-order valence-corrected chi connectivity index (χ2v) is 5.86. The summed E-state index contributed by atoms with van der Waals surface area (Å²) in [4.78, 5) is 22.7. The Kier molecular flexibility index (Phi) is 4.83. The fraction of sp³-hybridized carbons (Fsp3) is 0.353. The summed E-state index contributed by atoms with van der Waals surface area (Å²) in [5.41, 5.74) is 3.33. The molecule has 0 aliphatic carbocycles. The maximum Gasteiger partial charge on any atom is 0.269 e. The maximum absolute atomic E-state index is 12.4. The third kappa shape index (κ3) is 3.59. The molecule has 1 aromatic heterocycles. The number of carbonyl (C=O) groups excluding carboxylic acids is 1. The molecule has 2 aromatic rings. The fourth-order valence-electron chi connectivity index (χ4n) is 2.86. The van der Waals surface area contributed by atoms with Crippen LogP contribution in [-0.4, -0.2) is 15.4 Å². The molecular formula is C17H21N3O3. The topological polar surface area (TPSA) is 77.2 Å². The lowest BCUT2D eigenvalue weighted by Gasteiger charge is -2.13. The quantitative estimate of drug-likeness (QED) is 0.677. The van der Waals surface area contributed by atoms with Crippen molar-refractivity contribution in [1.29, 1.82) is 0 Å². The lowest BCUT2D eigenvalue weighted by atomic mass is 10.2. The van der Waals surface area contributed by atoms with Crippen LogP contribution in [0.2, 0.25) is 0 Å². The zero-order valence-corrected chi connectivity index (χ0v) is 13.8. The average Bonchev–Trinajstić information content (AvgIpc) is 2.80. The summed E-state index contributed by atoms with van der Waals surface area (Å²) in [6.07, 6.45) is 0. The number of aromatic nitrogens is 1. The minimum absolute atomic E-state index is 0.0229. The molecule has 1 heterocycles. The van der Waals surface area contributed by atoms with Gasteiger partial charge >= 0.3 is 0 Å². The van der Waals surface area contributed by atoms with Crippen molar-refractivity contribution in [3.05, 3.63) is 63.0 Å². The number of non-ortho nitro benzene ring substituents is 1. The standard InChI is InChI=1S/C17H21N3O3/c1-11(2)19-12(3)8-16(13(19)4)17(21)18-10-14-6-5-7-15(9-14)20(22)23/h5-9,11H,10H2,1-4H3,(H,18,21). The highest BCUT2D eigenvalue weighted by Crippen LogP contribution is 2.20. The summed E-state index contributed by atoms with van der Waals surface area (Å²) in [7, 11) is 0. The molecule has 6 heteroatoms. The Morgan fingerprint density at radius 3 is 2.57 bits per heavy atom. The molecule has 0 aliphatic heterocycles. The van der Waals surface area contributed by atoms with Crippen LogP contribution in [0.3, 0.4) is 0 Å². The van der Waals surface area contributed by atoms with Gasteiger partial charge in [-0.25, -0.2) is 0 Å². The van der Waals surface area contributed by atoms with Gasteiger partial charge in [0.15, 0.2) is 0 Å². The number of carbonyl (C=O) groups is 1. The number of hydrogen-bond donors (Lipinski definition) is 1. The second kappa shape index (κ2) is 6.64. The summed E-state index contributed by atoms with van der Waals surface area (Å²) in [6, 6.07) is 8.43. The number of benzene rings is 1. The zero-order chi connectivity index (χ0) is 17.1. The summed E-state index contributed by atoms with van der Waals surface area (Å²) in [6.45, 7) is 8.31. The SMILES string of the molecule is Cc1cc(C(=O)NCc2cccc([N+](=O)[O-])c2)c(C)n1C(C)C. The van der Waals surface area contributed by atoms with E-state index in [2.05, 4.69) is 23.7 Å². The third-order valence-electron chi connectivity index (χ3n) is 3.82. The van der Waals surface area contributed by atoms with Gasteiger partial charge in [-0.3, -0.25) is 14.9 Å². The van der Waals surface area contributed by atoms with Crippen LogP contribution in [0.4, 0.5) is 5.69 Å². The number of nitrogens with zero attached hydrogens (tertiary/aromatic N) is 2. The van der Waals surface area contributed by atoms with E-state index in [1.165, 1.54) is 12.1 Å². The second-order valence-electron chi connectivity index (χ2n) is 5.86. The Morgan fingerprint density at radius 2 is 2.00 bits per heavy atom. The number of nitro benzene ring substituents is 1. The van der Waals surface area contributed by atoms with E-state index < -0.39 is 4.92 Å². The van der Waals surface area contributed by atoms with E-state index in [0.29, 0.717) is 11.1 Å². The Balaban J connectivity index is 2.13. The minimum atomic E-state index is -0.443. The van der Waals surface area contributed by atoms with Gasteiger partial charge in [-0.05, 0) is 39.3 Å². The molecule has 0 atom stereocenters. The maximum atomic E-state index is 12.4. The molecule has 1 N–H and O–H groups in total. The van der Waals surface area contributed by atoms with Gasteiger partial charge in [0.2, 0.25) is 0 Å². The van der Waals surface area contributed by atoms with E-state index in [1.807, 2.05) is 19.9 Å². The average molecular weight is 315 g/mol. The first kappa shape index (κ1) is 16.7. The highest BCUT2D eigenvalue weighted by Gasteiger charge is 2.17. The summed E-state index contributed by atoms with van der Waals surface area (Å²) in [5, 5.41) is 13.6. The largest absolute Gasteiger partial charge is 0.348 e. The van der Waals surface area contributed by atoms with Gasteiger partial charge in [0.1, 0.15) is 0 Å². The van der Waals surface area contributed by atoms with Crippen LogP contribution in [0.5, 0.6) is 0 Å². The molecule has 1 aromatic carbocycles. The normalized spacial score (nSPS) is 10.8. The summed E-state index contributed by atoms with van der Waals surface area (Å²) in [5.74, 6) is -0.170. The molecule has 0 bridgehead atoms. The van der Waals surface area contributed by atoms with E-state index in [-0.39, 0.29) is 24.2 Å². The van der Waals surface area contributed by atoms with Gasteiger partial charge < -0.3 is 9.88 Å². The van der Waals surface area contributed by atoms with Gasteiger partial charge in [0.25, 0.3) is 11.6 Å². The van der Waals surface area contributed by atoms with Crippen LogP contribution in [0.25, 0.3) is 0 Å². The van der Waals surface area contributed by atoms with Crippen LogP contribution >= 0.6 is 0 Å². The third-order valence-corrected chi connectivity index (χ3v) is 3.82. The van der Waals surface area contributed by atoms with Gasteiger partial charge in [-0.15, -0.1) is 0 Å². The van der Waals surface area contributed by atoms with Gasteiger partial charge in [-0.2, -0.15) is 0 Å². The van der Waals surface area contributed by atoms with Crippen molar-refractivity contribution in [2.45, 2.75) is 40.3 Å². The van der Waals surface area contributed by atoms with Crippen molar-refractivity contribution in [3.8, 4) is 0 Å². The molecule has 0 aliphatic rings. The predicted molar refractivity (Wildman–Crippen MR) is 88.6 cm³/mol. The van der Waals surface area contributed by atoms with E-state index in [1.54, 1.807) is 12.1 Å². The molecular weight excluding hydrogens is 294 g/mol. The summed E-state index contributed by atoms with van der Waals surface area (Å²) < 4.78 is 2.11. The smallest absolute Gasteiger partial charge is 0.269 e. The van der Waals surface area contributed by atoms with E-state index in [4.69, 9.17) is 0 Å². The zero-order valence-electron chi connectivity index (χ0n) is 13.8. The van der Waals surface area contributed by atoms with Gasteiger partial charge in [-0.1, -0.05) is 12.1 Å². The van der Waals surface area contributed by atoms with Crippen LogP contribution in [-0.2, 0) is 6.54 Å². The molecule has 1 amide bonds. The predicted octanol–water partition coefficient (Wildman–Crippen LogP) is 3.52. The van der Waals surface area contributed by atoms with Crippen LogP contribution in [0, 0.1) is 24.0 Å². The van der Waals surface area contributed by atoms with Crippen molar-refractivity contribution in [2.75, 3.05) is 0 Å². The molecule has 23 heavy (non-hydrogen) atoms. The van der Waals surface area contributed by atoms with Crippen molar-refractivity contribution < 1.29 is 9.72 Å². The number of amides is 1. The number of hydrogen-bond acceptors (Lipinski definition) is 3. The van der Waals surface area contributed by atoms with E-state index in [9.17, 15) is 14.9 Å². The van der Waals surface area contributed by atoms with E-state index >= 15 is 0 Å². The van der Waals surface area contributed by atoms with E-state index in [0.717, 1.165) is 11.4 Å². The first-order valence-corrected chi connectivity index (χ1v) is 7.51. The monoisotopic (exact) mass is 315 g/mol. The Labute approximate surface area is 135 Å². The van der Waals surface area contributed by atoms with Crippen molar-refractivity contribution in [2.24, 2.45) is 0 Å². The minimum Gasteiger partial charge on any atom is -0.348 e. The Morgan fingerprint density at radius 1 is 1.30 bits per heavy atom. The first-order valence-electron chi connectivity index (χ1n) is 7.51. The number of rotatable bonds is 5. The number of aryl methyl sites for hydroxylation is 1. The van der Waals surface area contributed by atoms with Crippen molar-refractivity contribution in [3.63, 3.8) is 0 Å². The molecule has 0 saturated heterocycles. The van der Waals surface area contributed by atoms with Crippen LogP contribution in [0.1, 0.15) is 47.2 Å². The Hall–Kier alpha value is -2.63. The molecule has 0 saturated carbocycles. The number of nitrogens with one attached hydrogen (secondary N) is 1. The van der Waals surface area contributed by atoms with Gasteiger partial charge in [0.05, 0.1) is 10.5 Å². The lowest BCUT2D eigenvalue weighted by molar-refractivity contribution is -0.384. The lowest BCUT2D eigenvalue weighted by Crippen LogP contribution is -2.23. The first-order chi connectivity index (χ1) is 10.8. The molecule has 0 unspecified atom stereocenters. The van der Waals surface area contributed by atoms with Crippen molar-refractivity contribution >= 4 is 11.6 Å².